The van der Waals surface area contributed by atoms with Crippen molar-refractivity contribution >= 4 is 5.91 Å². The van der Waals surface area contributed by atoms with E-state index in [-0.39, 0.29) is 17.9 Å². The highest BCUT2D eigenvalue weighted by atomic mass is 16.5. The van der Waals surface area contributed by atoms with Crippen LogP contribution >= 0.6 is 0 Å². The monoisotopic (exact) mass is 338 g/mol. The summed E-state index contributed by atoms with van der Waals surface area (Å²) in [6, 6.07) is 9.73. The van der Waals surface area contributed by atoms with Gasteiger partial charge in [0.05, 0.1) is 29.5 Å². The molecule has 0 fully saturated rings. The summed E-state index contributed by atoms with van der Waals surface area (Å²) >= 11 is 0. The van der Waals surface area contributed by atoms with E-state index in [1.807, 2.05) is 58.0 Å². The lowest BCUT2D eigenvalue weighted by Crippen LogP contribution is -2.31. The summed E-state index contributed by atoms with van der Waals surface area (Å²) in [6.07, 6.45) is 1.78. The average Bonchev–Trinajstić information content (AvgIpc) is 3.22. The molecule has 130 valence electrons. The van der Waals surface area contributed by atoms with Crippen LogP contribution in [0.3, 0.4) is 0 Å². The van der Waals surface area contributed by atoms with E-state index in [9.17, 15) is 4.79 Å². The summed E-state index contributed by atoms with van der Waals surface area (Å²) in [6.45, 7) is 7.43. The summed E-state index contributed by atoms with van der Waals surface area (Å²) in [7, 11) is 0. The second-order valence-corrected chi connectivity index (χ2v) is 6.24. The standard InChI is InChI=1S/C19H22N4O2/c1-11(17-12(2)23-25-14(17)4)19(24)21-13(3)18-20-10-16(22-18)15-8-6-5-7-9-15/h5-11,13H,1-4H3,(H,20,22)(H,21,24)/t11-,13-/m1/s1. The van der Waals surface area contributed by atoms with Gasteiger partial charge in [0, 0.05) is 5.56 Å². The zero-order valence-electron chi connectivity index (χ0n) is 14.8. The van der Waals surface area contributed by atoms with Gasteiger partial charge in [0.15, 0.2) is 0 Å². The number of nitrogens with zero attached hydrogens (tertiary/aromatic N) is 2. The summed E-state index contributed by atoms with van der Waals surface area (Å²) in [5, 5.41) is 6.92. The van der Waals surface area contributed by atoms with Gasteiger partial charge < -0.3 is 14.8 Å². The molecule has 6 heteroatoms. The molecule has 0 spiro atoms. The molecule has 1 amide bonds. The zero-order chi connectivity index (χ0) is 18.0. The largest absolute Gasteiger partial charge is 0.361 e. The van der Waals surface area contributed by atoms with Crippen molar-refractivity contribution in [2.45, 2.75) is 39.7 Å². The number of aryl methyl sites for hydroxylation is 2. The van der Waals surface area contributed by atoms with Crippen molar-refractivity contribution in [2.24, 2.45) is 0 Å². The number of rotatable bonds is 5. The summed E-state index contributed by atoms with van der Waals surface area (Å²) in [5.41, 5.74) is 3.57. The Morgan fingerprint density at radius 2 is 1.92 bits per heavy atom. The molecular weight excluding hydrogens is 316 g/mol. The number of carbonyl (C=O) groups excluding carboxylic acids is 1. The molecule has 0 saturated carbocycles. The lowest BCUT2D eigenvalue weighted by atomic mass is 9.98. The van der Waals surface area contributed by atoms with Crippen LogP contribution in [0.1, 0.15) is 48.6 Å². The molecule has 2 N–H and O–H groups in total. The molecule has 2 aromatic heterocycles. The van der Waals surface area contributed by atoms with Gasteiger partial charge in [-0.15, -0.1) is 0 Å². The molecule has 0 aliphatic carbocycles. The van der Waals surface area contributed by atoms with Crippen molar-refractivity contribution in [3.05, 3.63) is 59.4 Å². The third-order valence-corrected chi connectivity index (χ3v) is 4.36. The molecule has 6 nitrogen and oxygen atoms in total. The van der Waals surface area contributed by atoms with Crippen molar-refractivity contribution < 1.29 is 9.32 Å². The number of amides is 1. The molecule has 25 heavy (non-hydrogen) atoms. The second kappa shape index (κ2) is 6.93. The van der Waals surface area contributed by atoms with Gasteiger partial charge >= 0.3 is 0 Å². The summed E-state index contributed by atoms with van der Waals surface area (Å²) < 4.78 is 5.16. The highest BCUT2D eigenvalue weighted by molar-refractivity contribution is 5.84. The maximum atomic E-state index is 12.6. The maximum absolute atomic E-state index is 12.6. The predicted octanol–water partition coefficient (Wildman–Crippen LogP) is 3.66. The first-order chi connectivity index (χ1) is 12.0. The molecule has 2 heterocycles. The molecule has 2 atom stereocenters. The van der Waals surface area contributed by atoms with Crippen LogP contribution in [0.25, 0.3) is 11.3 Å². The van der Waals surface area contributed by atoms with Gasteiger partial charge in [-0.2, -0.15) is 0 Å². The van der Waals surface area contributed by atoms with Crippen molar-refractivity contribution in [2.75, 3.05) is 0 Å². The van der Waals surface area contributed by atoms with E-state index in [1.165, 1.54) is 0 Å². The van der Waals surface area contributed by atoms with Crippen LogP contribution in [0.2, 0.25) is 0 Å². The smallest absolute Gasteiger partial charge is 0.228 e. The number of nitrogens with one attached hydrogen (secondary N) is 2. The third-order valence-electron chi connectivity index (χ3n) is 4.36. The fourth-order valence-corrected chi connectivity index (χ4v) is 2.97. The minimum atomic E-state index is -0.336. The second-order valence-electron chi connectivity index (χ2n) is 6.24. The number of carbonyl (C=O) groups is 1. The molecular formula is C19H22N4O2. The quantitative estimate of drug-likeness (QED) is 0.743. The Balaban J connectivity index is 1.71. The number of benzene rings is 1. The van der Waals surface area contributed by atoms with Crippen LogP contribution in [0.4, 0.5) is 0 Å². The average molecular weight is 338 g/mol. The third kappa shape index (κ3) is 3.47. The van der Waals surface area contributed by atoms with Crippen molar-refractivity contribution in [1.29, 1.82) is 0 Å². The molecule has 0 aliphatic rings. The Morgan fingerprint density at radius 1 is 1.20 bits per heavy atom. The number of aromatic nitrogens is 3. The molecule has 0 aliphatic heterocycles. The summed E-state index contributed by atoms with van der Waals surface area (Å²) in [4.78, 5) is 20.3. The fraction of sp³-hybridized carbons (Fsp3) is 0.316. The van der Waals surface area contributed by atoms with Gasteiger partial charge in [-0.05, 0) is 33.3 Å². The van der Waals surface area contributed by atoms with E-state index >= 15 is 0 Å². The lowest BCUT2D eigenvalue weighted by Gasteiger charge is -2.16. The van der Waals surface area contributed by atoms with Crippen molar-refractivity contribution in [1.82, 2.24) is 20.4 Å². The van der Waals surface area contributed by atoms with Crippen LogP contribution in [0, 0.1) is 13.8 Å². The minimum absolute atomic E-state index is 0.0837. The molecule has 1 aromatic carbocycles. The van der Waals surface area contributed by atoms with Gasteiger partial charge in [-0.1, -0.05) is 35.5 Å². The first kappa shape index (κ1) is 17.0. The van der Waals surface area contributed by atoms with E-state index in [0.29, 0.717) is 5.76 Å². The predicted molar refractivity (Wildman–Crippen MR) is 95.0 cm³/mol. The Kier molecular flexibility index (Phi) is 4.70. The van der Waals surface area contributed by atoms with Crippen LogP contribution < -0.4 is 5.32 Å². The number of H-pyrrole nitrogens is 1. The number of aromatic amines is 1. The molecule has 0 saturated heterocycles. The van der Waals surface area contributed by atoms with E-state index in [4.69, 9.17) is 4.52 Å². The van der Waals surface area contributed by atoms with E-state index in [0.717, 1.165) is 28.3 Å². The molecule has 0 bridgehead atoms. The van der Waals surface area contributed by atoms with Crippen molar-refractivity contribution in [3.8, 4) is 11.3 Å². The van der Waals surface area contributed by atoms with E-state index < -0.39 is 0 Å². The van der Waals surface area contributed by atoms with Gasteiger partial charge in [-0.25, -0.2) is 4.98 Å². The van der Waals surface area contributed by atoms with Gasteiger partial charge in [0.2, 0.25) is 5.91 Å². The number of imidazole rings is 1. The van der Waals surface area contributed by atoms with Gasteiger partial charge in [-0.3, -0.25) is 4.79 Å². The van der Waals surface area contributed by atoms with E-state index in [1.54, 1.807) is 6.20 Å². The summed E-state index contributed by atoms with van der Waals surface area (Å²) in [5.74, 6) is 0.979. The Bertz CT molecular complexity index is 847. The van der Waals surface area contributed by atoms with E-state index in [2.05, 4.69) is 20.4 Å². The van der Waals surface area contributed by atoms with Crippen LogP contribution in [-0.4, -0.2) is 21.0 Å². The highest BCUT2D eigenvalue weighted by Crippen LogP contribution is 2.24. The Morgan fingerprint density at radius 3 is 2.56 bits per heavy atom. The topological polar surface area (TPSA) is 83.8 Å². The van der Waals surface area contributed by atoms with Crippen molar-refractivity contribution in [3.63, 3.8) is 0 Å². The number of hydrogen-bond acceptors (Lipinski definition) is 4. The highest BCUT2D eigenvalue weighted by Gasteiger charge is 2.24. The molecule has 3 aromatic rings. The lowest BCUT2D eigenvalue weighted by molar-refractivity contribution is -0.122. The molecule has 0 unspecified atom stereocenters. The Labute approximate surface area is 146 Å². The van der Waals surface area contributed by atoms with Gasteiger partial charge in [0.1, 0.15) is 11.6 Å². The molecule has 0 radical (unpaired) electrons. The van der Waals surface area contributed by atoms with Gasteiger partial charge in [0.25, 0.3) is 0 Å². The Hall–Kier alpha value is -2.89. The maximum Gasteiger partial charge on any atom is 0.228 e. The van der Waals surface area contributed by atoms with Crippen LogP contribution in [0.15, 0.2) is 41.1 Å². The normalized spacial score (nSPS) is 13.4. The minimum Gasteiger partial charge on any atom is -0.361 e. The first-order valence-electron chi connectivity index (χ1n) is 8.30. The first-order valence-corrected chi connectivity index (χ1v) is 8.30. The SMILES string of the molecule is Cc1noc(C)c1[C@@H](C)C(=O)N[C@H](C)c1ncc(-c2ccccc2)[nH]1. The van der Waals surface area contributed by atoms with Crippen LogP contribution in [0.5, 0.6) is 0 Å². The fourth-order valence-electron chi connectivity index (χ4n) is 2.97. The zero-order valence-corrected chi connectivity index (χ0v) is 14.8. The molecule has 3 rings (SSSR count). The van der Waals surface area contributed by atoms with Crippen LogP contribution in [-0.2, 0) is 4.79 Å². The number of hydrogen-bond donors (Lipinski definition) is 2.